The minimum absolute atomic E-state index is 0.0885. The van der Waals surface area contributed by atoms with Gasteiger partial charge in [0.2, 0.25) is 0 Å². The van der Waals surface area contributed by atoms with Crippen LogP contribution in [0.3, 0.4) is 0 Å². The molecule has 0 amide bonds. The first-order valence-electron chi connectivity index (χ1n) is 7.92. The fraction of sp³-hybridized carbons (Fsp3) is 0.368. The van der Waals surface area contributed by atoms with Crippen LogP contribution in [0.1, 0.15) is 29.0 Å². The molecule has 0 aliphatic heterocycles. The second-order valence-corrected chi connectivity index (χ2v) is 6.58. The van der Waals surface area contributed by atoms with Crippen molar-refractivity contribution < 1.29 is 14.6 Å². The Morgan fingerprint density at radius 3 is 2.62 bits per heavy atom. The number of hydrogen-bond donors (Lipinski definition) is 1. The summed E-state index contributed by atoms with van der Waals surface area (Å²) in [5.74, 6) is 0.583. The molecule has 0 spiro atoms. The SMILES string of the molecule is COc1ccc(C)cc1[C@]1(C(=O)O)C[C@@H]1c1ccc(N(C)C)nc1. The highest BCUT2D eigenvalue weighted by atomic mass is 16.5. The van der Waals surface area contributed by atoms with E-state index in [4.69, 9.17) is 4.74 Å². The lowest BCUT2D eigenvalue weighted by Gasteiger charge is -2.18. The van der Waals surface area contributed by atoms with Gasteiger partial charge in [-0.3, -0.25) is 4.79 Å². The summed E-state index contributed by atoms with van der Waals surface area (Å²) >= 11 is 0. The number of anilines is 1. The van der Waals surface area contributed by atoms with Crippen molar-refractivity contribution in [2.24, 2.45) is 0 Å². The summed E-state index contributed by atoms with van der Waals surface area (Å²) in [7, 11) is 5.44. The topological polar surface area (TPSA) is 62.7 Å². The second kappa shape index (κ2) is 5.82. The van der Waals surface area contributed by atoms with Crippen molar-refractivity contribution in [1.82, 2.24) is 4.98 Å². The first kappa shape index (κ1) is 16.3. The van der Waals surface area contributed by atoms with Crippen molar-refractivity contribution >= 4 is 11.8 Å². The number of hydrogen-bond acceptors (Lipinski definition) is 4. The molecule has 1 N–H and O–H groups in total. The van der Waals surface area contributed by atoms with Crippen LogP contribution in [0.15, 0.2) is 36.5 Å². The summed E-state index contributed by atoms with van der Waals surface area (Å²) in [6, 6.07) is 9.60. The quantitative estimate of drug-likeness (QED) is 0.915. The molecule has 2 atom stereocenters. The van der Waals surface area contributed by atoms with Crippen LogP contribution in [0.25, 0.3) is 0 Å². The van der Waals surface area contributed by atoms with Gasteiger partial charge in [-0.05, 0) is 31.0 Å². The molecule has 1 heterocycles. The molecule has 24 heavy (non-hydrogen) atoms. The van der Waals surface area contributed by atoms with Gasteiger partial charge in [-0.15, -0.1) is 0 Å². The molecule has 0 saturated heterocycles. The van der Waals surface area contributed by atoms with Crippen molar-refractivity contribution in [2.75, 3.05) is 26.1 Å². The zero-order valence-electron chi connectivity index (χ0n) is 14.4. The number of nitrogens with zero attached hydrogens (tertiary/aromatic N) is 2. The molecule has 0 unspecified atom stereocenters. The number of carboxylic acid groups (broad SMARTS) is 1. The molecule has 2 aromatic rings. The number of aryl methyl sites for hydroxylation is 1. The average Bonchev–Trinajstić information content (AvgIpc) is 3.32. The molecule has 1 fully saturated rings. The largest absolute Gasteiger partial charge is 0.496 e. The monoisotopic (exact) mass is 326 g/mol. The molecule has 1 saturated carbocycles. The molecule has 1 aliphatic carbocycles. The number of aromatic nitrogens is 1. The van der Waals surface area contributed by atoms with Crippen molar-refractivity contribution in [2.45, 2.75) is 24.7 Å². The van der Waals surface area contributed by atoms with Crippen LogP contribution < -0.4 is 9.64 Å². The van der Waals surface area contributed by atoms with E-state index < -0.39 is 11.4 Å². The molecule has 5 nitrogen and oxygen atoms in total. The van der Waals surface area contributed by atoms with Crippen molar-refractivity contribution in [1.29, 1.82) is 0 Å². The van der Waals surface area contributed by atoms with E-state index in [-0.39, 0.29) is 5.92 Å². The number of carboxylic acids is 1. The molecular formula is C19H22N2O3. The van der Waals surface area contributed by atoms with Crippen LogP contribution >= 0.6 is 0 Å². The fourth-order valence-electron chi connectivity index (χ4n) is 3.35. The van der Waals surface area contributed by atoms with E-state index in [1.165, 1.54) is 0 Å². The number of carbonyl (C=O) groups is 1. The summed E-state index contributed by atoms with van der Waals surface area (Å²) in [5.41, 5.74) is 1.79. The summed E-state index contributed by atoms with van der Waals surface area (Å²) in [4.78, 5) is 18.5. The third-order valence-corrected chi connectivity index (χ3v) is 4.81. The van der Waals surface area contributed by atoms with E-state index in [0.29, 0.717) is 12.2 Å². The third-order valence-electron chi connectivity index (χ3n) is 4.81. The number of ether oxygens (including phenoxy) is 1. The first-order chi connectivity index (χ1) is 11.4. The van der Waals surface area contributed by atoms with Crippen LogP contribution in [0, 0.1) is 6.92 Å². The maximum Gasteiger partial charge on any atom is 0.314 e. The van der Waals surface area contributed by atoms with E-state index in [1.807, 2.05) is 56.3 Å². The highest BCUT2D eigenvalue weighted by Crippen LogP contribution is 2.62. The number of benzene rings is 1. The number of rotatable bonds is 5. The van der Waals surface area contributed by atoms with Crippen LogP contribution in [0.2, 0.25) is 0 Å². The predicted octanol–water partition coefficient (Wildman–Crippen LogP) is 2.97. The zero-order valence-corrected chi connectivity index (χ0v) is 14.4. The highest BCUT2D eigenvalue weighted by Gasteiger charge is 2.63. The Balaban J connectivity index is 2.01. The second-order valence-electron chi connectivity index (χ2n) is 6.58. The zero-order chi connectivity index (χ0) is 17.5. The average molecular weight is 326 g/mol. The Morgan fingerprint density at radius 1 is 1.33 bits per heavy atom. The Hall–Kier alpha value is -2.56. The maximum absolute atomic E-state index is 12.1. The van der Waals surface area contributed by atoms with Crippen molar-refractivity contribution in [3.05, 3.63) is 53.2 Å². The van der Waals surface area contributed by atoms with Gasteiger partial charge >= 0.3 is 5.97 Å². The maximum atomic E-state index is 12.1. The van der Waals surface area contributed by atoms with E-state index in [9.17, 15) is 9.90 Å². The molecule has 1 aromatic carbocycles. The van der Waals surface area contributed by atoms with Gasteiger partial charge < -0.3 is 14.7 Å². The van der Waals surface area contributed by atoms with Crippen LogP contribution in [-0.2, 0) is 10.2 Å². The van der Waals surface area contributed by atoms with Gasteiger partial charge in [0.05, 0.1) is 7.11 Å². The van der Waals surface area contributed by atoms with Crippen LogP contribution in [0.4, 0.5) is 5.82 Å². The Morgan fingerprint density at radius 2 is 2.08 bits per heavy atom. The van der Waals surface area contributed by atoms with Gasteiger partial charge in [0.15, 0.2) is 0 Å². The summed E-state index contributed by atoms with van der Waals surface area (Å²) < 4.78 is 5.43. The van der Waals surface area contributed by atoms with Crippen LogP contribution in [0.5, 0.6) is 5.75 Å². The Labute approximate surface area is 141 Å². The lowest BCUT2D eigenvalue weighted by molar-refractivity contribution is -0.140. The van der Waals surface area contributed by atoms with E-state index in [1.54, 1.807) is 13.3 Å². The van der Waals surface area contributed by atoms with Crippen LogP contribution in [-0.4, -0.2) is 37.3 Å². The highest BCUT2D eigenvalue weighted by molar-refractivity contribution is 5.89. The number of aliphatic carboxylic acids is 1. The molecule has 1 aromatic heterocycles. The molecule has 0 bridgehead atoms. The fourth-order valence-corrected chi connectivity index (χ4v) is 3.35. The van der Waals surface area contributed by atoms with E-state index in [0.717, 1.165) is 22.5 Å². The van der Waals surface area contributed by atoms with Gasteiger partial charge in [0.25, 0.3) is 0 Å². The molecule has 0 radical (unpaired) electrons. The van der Waals surface area contributed by atoms with Gasteiger partial charge in [0.1, 0.15) is 17.0 Å². The molecule has 5 heteroatoms. The molecule has 1 aliphatic rings. The van der Waals surface area contributed by atoms with E-state index in [2.05, 4.69) is 4.98 Å². The van der Waals surface area contributed by atoms with Gasteiger partial charge in [-0.25, -0.2) is 4.98 Å². The standard InChI is InChI=1S/C19H22N2O3/c1-12-5-7-16(24-4)14(9-12)19(18(22)23)10-15(19)13-6-8-17(20-11-13)21(2)3/h5-9,11,15H,10H2,1-4H3,(H,22,23)/t15-,19-/m1/s1. The Kier molecular flexibility index (Phi) is 3.95. The smallest absolute Gasteiger partial charge is 0.314 e. The predicted molar refractivity (Wildman–Crippen MR) is 93.0 cm³/mol. The minimum Gasteiger partial charge on any atom is -0.496 e. The van der Waals surface area contributed by atoms with Gasteiger partial charge in [-0.2, -0.15) is 0 Å². The number of pyridine rings is 1. The van der Waals surface area contributed by atoms with Crippen molar-refractivity contribution in [3.8, 4) is 5.75 Å². The van der Waals surface area contributed by atoms with Gasteiger partial charge in [0, 0.05) is 31.8 Å². The lowest BCUT2D eigenvalue weighted by Crippen LogP contribution is -2.23. The number of methoxy groups -OCH3 is 1. The summed E-state index contributed by atoms with van der Waals surface area (Å²) in [6.45, 7) is 1.96. The normalized spacial score (nSPS) is 22.1. The minimum atomic E-state index is -0.932. The van der Waals surface area contributed by atoms with Crippen molar-refractivity contribution in [3.63, 3.8) is 0 Å². The Bertz CT molecular complexity index is 771. The first-order valence-corrected chi connectivity index (χ1v) is 7.92. The lowest BCUT2D eigenvalue weighted by atomic mass is 9.89. The summed E-state index contributed by atoms with van der Waals surface area (Å²) in [6.07, 6.45) is 2.35. The summed E-state index contributed by atoms with van der Waals surface area (Å²) in [5, 5.41) is 9.96. The molecule has 3 rings (SSSR count). The molecule has 126 valence electrons. The molecular weight excluding hydrogens is 304 g/mol. The van der Waals surface area contributed by atoms with E-state index >= 15 is 0 Å². The third kappa shape index (κ3) is 2.50. The van der Waals surface area contributed by atoms with Gasteiger partial charge in [-0.1, -0.05) is 23.8 Å².